The highest BCUT2D eigenvalue weighted by molar-refractivity contribution is 5.76. The van der Waals surface area contributed by atoms with E-state index in [1.807, 2.05) is 0 Å². The highest BCUT2D eigenvalue weighted by Crippen LogP contribution is 2.19. The molecule has 94 valence electrons. The van der Waals surface area contributed by atoms with Gasteiger partial charge in [0.15, 0.2) is 0 Å². The van der Waals surface area contributed by atoms with Crippen LogP contribution >= 0.6 is 0 Å². The smallest absolute Gasteiger partial charge is 0.224 e. The van der Waals surface area contributed by atoms with Gasteiger partial charge in [0.05, 0.1) is 0 Å². The summed E-state index contributed by atoms with van der Waals surface area (Å²) in [6.07, 6.45) is 6.58. The topological polar surface area (TPSA) is 32.3 Å². The predicted octanol–water partition coefficient (Wildman–Crippen LogP) is 2.17. The van der Waals surface area contributed by atoms with Crippen LogP contribution in [0.15, 0.2) is 0 Å². The van der Waals surface area contributed by atoms with Crippen molar-refractivity contribution in [2.24, 2.45) is 0 Å². The summed E-state index contributed by atoms with van der Waals surface area (Å²) in [5.74, 6) is 0.343. The Morgan fingerprint density at radius 2 is 2.12 bits per heavy atom. The molecule has 1 saturated heterocycles. The quantitative estimate of drug-likeness (QED) is 0.704. The first-order valence-corrected chi connectivity index (χ1v) is 6.79. The zero-order chi connectivity index (χ0) is 11.8. The molecule has 3 nitrogen and oxygen atoms in total. The number of hydrogen-bond acceptors (Lipinski definition) is 2. The van der Waals surface area contributed by atoms with Gasteiger partial charge in [0.2, 0.25) is 5.91 Å². The van der Waals surface area contributed by atoms with Crippen LogP contribution in [0.4, 0.5) is 0 Å². The molecule has 1 unspecified atom stereocenters. The molecule has 1 rings (SSSR count). The van der Waals surface area contributed by atoms with Gasteiger partial charge in [-0.2, -0.15) is 0 Å². The Morgan fingerprint density at radius 1 is 1.31 bits per heavy atom. The summed E-state index contributed by atoms with van der Waals surface area (Å²) in [6.45, 7) is 7.16. The molecule has 1 atom stereocenters. The fraction of sp³-hybridized carbons (Fsp3) is 0.923. The van der Waals surface area contributed by atoms with Crippen LogP contribution in [0.25, 0.3) is 0 Å². The number of amides is 1. The Balaban J connectivity index is 2.27. The van der Waals surface area contributed by atoms with Gasteiger partial charge >= 0.3 is 0 Å². The van der Waals surface area contributed by atoms with Crippen molar-refractivity contribution in [1.82, 2.24) is 10.2 Å². The van der Waals surface area contributed by atoms with E-state index in [4.69, 9.17) is 0 Å². The van der Waals surface area contributed by atoms with Gasteiger partial charge in [0, 0.05) is 25.6 Å². The van der Waals surface area contributed by atoms with Crippen molar-refractivity contribution < 1.29 is 4.79 Å². The maximum Gasteiger partial charge on any atom is 0.224 e. The fourth-order valence-corrected chi connectivity index (χ4v) is 2.39. The first-order valence-electron chi connectivity index (χ1n) is 6.79. The van der Waals surface area contributed by atoms with E-state index in [1.165, 1.54) is 19.3 Å². The first-order chi connectivity index (χ1) is 7.79. The van der Waals surface area contributed by atoms with E-state index in [-0.39, 0.29) is 0 Å². The summed E-state index contributed by atoms with van der Waals surface area (Å²) in [5.41, 5.74) is 0. The van der Waals surface area contributed by atoms with Gasteiger partial charge in [-0.1, -0.05) is 13.8 Å². The molecule has 1 amide bonds. The molecule has 16 heavy (non-hydrogen) atoms. The standard InChI is InChI=1S/C13H26N2O/c1-3-9-14-10-8-13(16)15-11-6-5-7-12(15)4-2/h12,14H,3-11H2,1-2H3. The van der Waals surface area contributed by atoms with Gasteiger partial charge < -0.3 is 10.2 Å². The minimum absolute atomic E-state index is 0.343. The number of rotatable bonds is 6. The average Bonchev–Trinajstić information content (AvgIpc) is 2.34. The minimum atomic E-state index is 0.343. The van der Waals surface area contributed by atoms with E-state index in [0.717, 1.165) is 32.5 Å². The molecule has 0 aliphatic carbocycles. The van der Waals surface area contributed by atoms with Crippen molar-refractivity contribution in [3.8, 4) is 0 Å². The van der Waals surface area contributed by atoms with Gasteiger partial charge in [0.25, 0.3) is 0 Å². The Hall–Kier alpha value is -0.570. The lowest BCUT2D eigenvalue weighted by Crippen LogP contribution is -2.44. The summed E-state index contributed by atoms with van der Waals surface area (Å²) in [7, 11) is 0. The molecule has 0 spiro atoms. The molecular formula is C13H26N2O. The van der Waals surface area contributed by atoms with Gasteiger partial charge in [0.1, 0.15) is 0 Å². The molecule has 1 fully saturated rings. The van der Waals surface area contributed by atoms with E-state index >= 15 is 0 Å². The normalized spacial score (nSPS) is 21.1. The largest absolute Gasteiger partial charge is 0.340 e. The zero-order valence-corrected chi connectivity index (χ0v) is 10.8. The third kappa shape index (κ3) is 4.12. The number of likely N-dealkylation sites (tertiary alicyclic amines) is 1. The van der Waals surface area contributed by atoms with Crippen molar-refractivity contribution in [3.63, 3.8) is 0 Å². The molecule has 0 aromatic carbocycles. The Morgan fingerprint density at radius 3 is 2.81 bits per heavy atom. The molecule has 0 aromatic heterocycles. The Bertz CT molecular complexity index is 206. The maximum absolute atomic E-state index is 12.0. The molecule has 0 aromatic rings. The molecule has 1 heterocycles. The second-order valence-electron chi connectivity index (χ2n) is 4.64. The van der Waals surface area contributed by atoms with Crippen molar-refractivity contribution >= 4 is 5.91 Å². The maximum atomic E-state index is 12.0. The lowest BCUT2D eigenvalue weighted by atomic mass is 9.99. The number of nitrogens with zero attached hydrogens (tertiary/aromatic N) is 1. The van der Waals surface area contributed by atoms with Gasteiger partial charge in [-0.25, -0.2) is 0 Å². The Kier molecular flexibility index (Phi) is 6.46. The molecule has 0 bridgehead atoms. The molecule has 0 saturated carbocycles. The zero-order valence-electron chi connectivity index (χ0n) is 10.8. The highest BCUT2D eigenvalue weighted by atomic mass is 16.2. The van der Waals surface area contributed by atoms with Crippen molar-refractivity contribution in [3.05, 3.63) is 0 Å². The number of carbonyl (C=O) groups excluding carboxylic acids is 1. The lowest BCUT2D eigenvalue weighted by molar-refractivity contribution is -0.134. The summed E-state index contributed by atoms with van der Waals surface area (Å²) in [4.78, 5) is 14.1. The van der Waals surface area contributed by atoms with Crippen molar-refractivity contribution in [2.45, 2.75) is 58.4 Å². The molecule has 1 aliphatic heterocycles. The first kappa shape index (κ1) is 13.5. The highest BCUT2D eigenvalue weighted by Gasteiger charge is 2.24. The van der Waals surface area contributed by atoms with Crippen LogP contribution in [-0.4, -0.2) is 36.5 Å². The summed E-state index contributed by atoms with van der Waals surface area (Å²) in [5, 5.41) is 3.29. The molecule has 1 aliphatic rings. The minimum Gasteiger partial charge on any atom is -0.340 e. The third-order valence-corrected chi connectivity index (χ3v) is 3.36. The summed E-state index contributed by atoms with van der Waals surface area (Å²) < 4.78 is 0. The van der Waals surface area contributed by atoms with E-state index in [1.54, 1.807) is 0 Å². The lowest BCUT2D eigenvalue weighted by Gasteiger charge is -2.35. The van der Waals surface area contributed by atoms with Crippen LogP contribution in [0.2, 0.25) is 0 Å². The molecule has 1 N–H and O–H groups in total. The number of carbonyl (C=O) groups is 1. The monoisotopic (exact) mass is 226 g/mol. The van der Waals surface area contributed by atoms with Crippen LogP contribution in [0, 0.1) is 0 Å². The molecule has 3 heteroatoms. The van der Waals surface area contributed by atoms with Crippen LogP contribution in [0.1, 0.15) is 52.4 Å². The van der Waals surface area contributed by atoms with E-state index in [2.05, 4.69) is 24.1 Å². The van der Waals surface area contributed by atoms with Crippen LogP contribution < -0.4 is 5.32 Å². The molecule has 0 radical (unpaired) electrons. The summed E-state index contributed by atoms with van der Waals surface area (Å²) in [6, 6.07) is 0.507. The van der Waals surface area contributed by atoms with Crippen LogP contribution in [-0.2, 0) is 4.79 Å². The third-order valence-electron chi connectivity index (χ3n) is 3.36. The van der Waals surface area contributed by atoms with Crippen LogP contribution in [0.5, 0.6) is 0 Å². The number of piperidine rings is 1. The predicted molar refractivity (Wildman–Crippen MR) is 67.4 cm³/mol. The van der Waals surface area contributed by atoms with E-state index in [0.29, 0.717) is 18.4 Å². The fourth-order valence-electron chi connectivity index (χ4n) is 2.39. The van der Waals surface area contributed by atoms with E-state index in [9.17, 15) is 4.79 Å². The number of hydrogen-bond donors (Lipinski definition) is 1. The Labute approximate surface area is 99.6 Å². The second-order valence-corrected chi connectivity index (χ2v) is 4.64. The van der Waals surface area contributed by atoms with Gasteiger partial charge in [-0.05, 0) is 38.6 Å². The van der Waals surface area contributed by atoms with Crippen LogP contribution in [0.3, 0.4) is 0 Å². The van der Waals surface area contributed by atoms with Crippen molar-refractivity contribution in [1.29, 1.82) is 0 Å². The van der Waals surface area contributed by atoms with Crippen molar-refractivity contribution in [2.75, 3.05) is 19.6 Å². The van der Waals surface area contributed by atoms with Gasteiger partial charge in [-0.3, -0.25) is 4.79 Å². The van der Waals surface area contributed by atoms with Gasteiger partial charge in [-0.15, -0.1) is 0 Å². The SMILES string of the molecule is CCCNCCC(=O)N1CCCCC1CC. The summed E-state index contributed by atoms with van der Waals surface area (Å²) >= 11 is 0. The number of nitrogens with one attached hydrogen (secondary N) is 1. The second kappa shape index (κ2) is 7.66. The molecular weight excluding hydrogens is 200 g/mol. The average molecular weight is 226 g/mol. The van der Waals surface area contributed by atoms with E-state index < -0.39 is 0 Å².